The van der Waals surface area contributed by atoms with E-state index >= 15 is 0 Å². The van der Waals surface area contributed by atoms with Crippen molar-refractivity contribution >= 4 is 35.1 Å². The van der Waals surface area contributed by atoms with Gasteiger partial charge in [0.1, 0.15) is 0 Å². The highest BCUT2D eigenvalue weighted by molar-refractivity contribution is 6.11. The molecule has 8 nitrogen and oxygen atoms in total. The van der Waals surface area contributed by atoms with Crippen molar-refractivity contribution in [1.82, 2.24) is 0 Å². The molecule has 0 aliphatic carbocycles. The molecule has 3 aromatic rings. The lowest BCUT2D eigenvalue weighted by molar-refractivity contribution is 0.0517. The van der Waals surface area contributed by atoms with Crippen LogP contribution in [0.1, 0.15) is 55.3 Å². The van der Waals surface area contributed by atoms with E-state index in [9.17, 15) is 19.2 Å². The molecule has 2 N–H and O–H groups in total. The van der Waals surface area contributed by atoms with E-state index in [0.717, 1.165) is 0 Å². The zero-order valence-electron chi connectivity index (χ0n) is 18.8. The molecular formula is C26H24N2O6. The van der Waals surface area contributed by atoms with Gasteiger partial charge in [0.15, 0.2) is 0 Å². The number of hydrogen-bond donors (Lipinski definition) is 2. The number of esters is 2. The van der Waals surface area contributed by atoms with E-state index in [2.05, 4.69) is 10.6 Å². The molecule has 0 unspecified atom stereocenters. The summed E-state index contributed by atoms with van der Waals surface area (Å²) in [6.07, 6.45) is 0. The van der Waals surface area contributed by atoms with Crippen LogP contribution in [0, 0.1) is 0 Å². The Balaban J connectivity index is 1.79. The normalized spacial score (nSPS) is 10.2. The average Bonchev–Trinajstić information content (AvgIpc) is 2.85. The molecule has 3 rings (SSSR count). The van der Waals surface area contributed by atoms with Gasteiger partial charge >= 0.3 is 11.9 Å². The maximum atomic E-state index is 12.8. The van der Waals surface area contributed by atoms with Gasteiger partial charge in [0, 0.05) is 11.1 Å². The van der Waals surface area contributed by atoms with E-state index in [-0.39, 0.29) is 35.5 Å². The Morgan fingerprint density at radius 1 is 0.618 bits per heavy atom. The molecule has 0 aliphatic rings. The van der Waals surface area contributed by atoms with Crippen LogP contribution in [-0.4, -0.2) is 37.0 Å². The van der Waals surface area contributed by atoms with E-state index in [0.29, 0.717) is 11.4 Å². The maximum Gasteiger partial charge on any atom is 0.340 e. The SMILES string of the molecule is CCOC(=O)c1ccccc1NC(=O)c1cccc(C(=O)Nc2ccccc2C(=O)OCC)c1. The zero-order chi connectivity index (χ0) is 24.5. The first-order chi connectivity index (χ1) is 16.4. The van der Waals surface area contributed by atoms with Crippen molar-refractivity contribution in [2.45, 2.75) is 13.8 Å². The molecule has 0 atom stereocenters. The van der Waals surface area contributed by atoms with Gasteiger partial charge in [-0.25, -0.2) is 9.59 Å². The third-order valence-electron chi connectivity index (χ3n) is 4.73. The van der Waals surface area contributed by atoms with Crippen LogP contribution in [0.5, 0.6) is 0 Å². The van der Waals surface area contributed by atoms with Gasteiger partial charge in [0.05, 0.1) is 35.7 Å². The highest BCUT2D eigenvalue weighted by Gasteiger charge is 2.18. The second kappa shape index (κ2) is 11.4. The van der Waals surface area contributed by atoms with Gasteiger partial charge < -0.3 is 20.1 Å². The summed E-state index contributed by atoms with van der Waals surface area (Å²) in [6, 6.07) is 19.1. The second-order valence-corrected chi connectivity index (χ2v) is 7.02. The van der Waals surface area contributed by atoms with Crippen molar-refractivity contribution in [3.05, 3.63) is 95.1 Å². The van der Waals surface area contributed by atoms with Crippen molar-refractivity contribution in [2.75, 3.05) is 23.8 Å². The van der Waals surface area contributed by atoms with Crippen molar-refractivity contribution in [3.8, 4) is 0 Å². The monoisotopic (exact) mass is 460 g/mol. The number of carbonyl (C=O) groups is 4. The molecule has 0 heterocycles. The Morgan fingerprint density at radius 3 is 1.44 bits per heavy atom. The van der Waals surface area contributed by atoms with Crippen molar-refractivity contribution in [2.24, 2.45) is 0 Å². The van der Waals surface area contributed by atoms with Crippen LogP contribution >= 0.6 is 0 Å². The van der Waals surface area contributed by atoms with Crippen LogP contribution in [0.25, 0.3) is 0 Å². The number of carbonyl (C=O) groups excluding carboxylic acids is 4. The summed E-state index contributed by atoms with van der Waals surface area (Å²) in [5, 5.41) is 5.37. The van der Waals surface area contributed by atoms with Crippen LogP contribution in [0.3, 0.4) is 0 Å². The topological polar surface area (TPSA) is 111 Å². The fraction of sp³-hybridized carbons (Fsp3) is 0.154. The quantitative estimate of drug-likeness (QED) is 0.478. The van der Waals surface area contributed by atoms with Gasteiger partial charge in [-0.05, 0) is 56.3 Å². The van der Waals surface area contributed by atoms with E-state index in [1.807, 2.05) is 0 Å². The van der Waals surface area contributed by atoms with E-state index in [4.69, 9.17) is 9.47 Å². The molecule has 0 saturated heterocycles. The van der Waals surface area contributed by atoms with Crippen molar-refractivity contribution < 1.29 is 28.7 Å². The molecule has 174 valence electrons. The van der Waals surface area contributed by atoms with Gasteiger partial charge in [0.25, 0.3) is 11.8 Å². The molecule has 2 amide bonds. The van der Waals surface area contributed by atoms with Gasteiger partial charge in [0.2, 0.25) is 0 Å². The number of ether oxygens (including phenoxy) is 2. The first-order valence-electron chi connectivity index (χ1n) is 10.7. The lowest BCUT2D eigenvalue weighted by Gasteiger charge is -2.12. The number of para-hydroxylation sites is 2. The average molecular weight is 460 g/mol. The van der Waals surface area contributed by atoms with Crippen LogP contribution in [0.4, 0.5) is 11.4 Å². The molecule has 0 aromatic heterocycles. The summed E-state index contributed by atoms with van der Waals surface area (Å²) in [7, 11) is 0. The van der Waals surface area contributed by atoms with Gasteiger partial charge in [-0.15, -0.1) is 0 Å². The molecule has 0 spiro atoms. The number of benzene rings is 3. The van der Waals surface area contributed by atoms with Gasteiger partial charge in [-0.1, -0.05) is 30.3 Å². The minimum Gasteiger partial charge on any atom is -0.462 e. The summed E-state index contributed by atoms with van der Waals surface area (Å²) in [6.45, 7) is 3.80. The smallest absolute Gasteiger partial charge is 0.340 e. The molecule has 0 aliphatic heterocycles. The van der Waals surface area contributed by atoms with Crippen LogP contribution in [0.15, 0.2) is 72.8 Å². The van der Waals surface area contributed by atoms with Gasteiger partial charge in [-0.3, -0.25) is 9.59 Å². The van der Waals surface area contributed by atoms with Crippen LogP contribution < -0.4 is 10.6 Å². The third-order valence-corrected chi connectivity index (χ3v) is 4.73. The minimum absolute atomic E-state index is 0.206. The van der Waals surface area contributed by atoms with Crippen molar-refractivity contribution in [1.29, 1.82) is 0 Å². The Labute approximate surface area is 196 Å². The predicted octanol–water partition coefficient (Wildman–Crippen LogP) is 4.54. The Hall–Kier alpha value is -4.46. The predicted molar refractivity (Wildman–Crippen MR) is 127 cm³/mol. The maximum absolute atomic E-state index is 12.8. The Kier molecular flexibility index (Phi) is 8.12. The summed E-state index contributed by atoms with van der Waals surface area (Å²) in [4.78, 5) is 50.0. The molecular weight excluding hydrogens is 436 g/mol. The summed E-state index contributed by atoms with van der Waals surface area (Å²) >= 11 is 0. The Morgan fingerprint density at radius 2 is 1.03 bits per heavy atom. The molecule has 0 radical (unpaired) electrons. The highest BCUT2D eigenvalue weighted by Crippen LogP contribution is 2.20. The third kappa shape index (κ3) is 5.86. The minimum atomic E-state index is -0.549. The first kappa shape index (κ1) is 24.2. The zero-order valence-corrected chi connectivity index (χ0v) is 18.8. The second-order valence-electron chi connectivity index (χ2n) is 7.02. The first-order valence-corrected chi connectivity index (χ1v) is 10.7. The van der Waals surface area contributed by atoms with E-state index in [1.54, 1.807) is 80.6 Å². The lowest BCUT2D eigenvalue weighted by Crippen LogP contribution is -2.18. The number of rotatable bonds is 8. The molecule has 0 fully saturated rings. The van der Waals surface area contributed by atoms with Crippen molar-refractivity contribution in [3.63, 3.8) is 0 Å². The fourth-order valence-electron chi connectivity index (χ4n) is 3.15. The molecule has 0 saturated carbocycles. The summed E-state index contributed by atoms with van der Waals surface area (Å²) in [5.74, 6) is -2.10. The largest absolute Gasteiger partial charge is 0.462 e. The highest BCUT2D eigenvalue weighted by atomic mass is 16.5. The standard InChI is InChI=1S/C26H24N2O6/c1-3-33-25(31)19-12-5-7-14-21(19)27-23(29)17-10-9-11-18(16-17)24(30)28-22-15-8-6-13-20(22)26(32)34-4-2/h5-16H,3-4H2,1-2H3,(H,27,29)(H,28,30). The summed E-state index contributed by atoms with van der Waals surface area (Å²) in [5.41, 5.74) is 1.47. The number of nitrogens with one attached hydrogen (secondary N) is 2. The number of anilines is 2. The van der Waals surface area contributed by atoms with E-state index in [1.165, 1.54) is 6.07 Å². The molecule has 3 aromatic carbocycles. The lowest BCUT2D eigenvalue weighted by atomic mass is 10.1. The molecule has 34 heavy (non-hydrogen) atoms. The number of amides is 2. The summed E-state index contributed by atoms with van der Waals surface area (Å²) < 4.78 is 10.1. The van der Waals surface area contributed by atoms with Gasteiger partial charge in [-0.2, -0.15) is 0 Å². The van der Waals surface area contributed by atoms with Crippen LogP contribution in [0.2, 0.25) is 0 Å². The van der Waals surface area contributed by atoms with E-state index < -0.39 is 23.8 Å². The van der Waals surface area contributed by atoms with Crippen LogP contribution in [-0.2, 0) is 9.47 Å². The molecule has 0 bridgehead atoms. The fourth-order valence-corrected chi connectivity index (χ4v) is 3.15. The molecule has 8 heteroatoms. The number of hydrogen-bond acceptors (Lipinski definition) is 6. The Bertz CT molecular complexity index is 1130.